The number of hydrogen-bond acceptors (Lipinski definition) is 3. The van der Waals surface area contributed by atoms with Gasteiger partial charge in [0.15, 0.2) is 0 Å². The molecule has 0 spiro atoms. The summed E-state index contributed by atoms with van der Waals surface area (Å²) in [5, 5.41) is 3.43. The van der Waals surface area contributed by atoms with Crippen LogP contribution in [0.1, 0.15) is 17.5 Å². The summed E-state index contributed by atoms with van der Waals surface area (Å²) in [5.74, 6) is 0.978. The van der Waals surface area contributed by atoms with Crippen molar-refractivity contribution in [1.29, 1.82) is 0 Å². The number of benzene rings is 1. The van der Waals surface area contributed by atoms with Gasteiger partial charge in [-0.15, -0.1) is 0 Å². The number of ether oxygens (including phenoxy) is 1. The summed E-state index contributed by atoms with van der Waals surface area (Å²) < 4.78 is 18.2. The molecular formula is C15H21FN2O. The minimum Gasteiger partial charge on any atom is -0.490 e. The van der Waals surface area contributed by atoms with E-state index in [1.165, 1.54) is 11.1 Å². The van der Waals surface area contributed by atoms with E-state index < -0.39 is 0 Å². The van der Waals surface area contributed by atoms with Gasteiger partial charge in [-0.2, -0.15) is 0 Å². The molecule has 0 atom stereocenters. The quantitative estimate of drug-likeness (QED) is 0.903. The number of anilines is 1. The number of halogens is 1. The van der Waals surface area contributed by atoms with Crippen molar-refractivity contribution in [3.63, 3.8) is 0 Å². The minimum atomic E-state index is -0.248. The standard InChI is InChI=1S/C15H21FN2O/c16-4-1-7-18-8-9-19-15-11-13-3-6-17-5-2-12(13)10-14(15)18/h10-11,17H,1-9H2. The second-order valence-electron chi connectivity index (χ2n) is 5.22. The largest absolute Gasteiger partial charge is 0.490 e. The maximum Gasteiger partial charge on any atom is 0.142 e. The van der Waals surface area contributed by atoms with Gasteiger partial charge in [-0.25, -0.2) is 0 Å². The normalized spacial score (nSPS) is 18.3. The van der Waals surface area contributed by atoms with Gasteiger partial charge in [0, 0.05) is 6.54 Å². The number of fused-ring (bicyclic) bond motifs is 2. The van der Waals surface area contributed by atoms with Gasteiger partial charge in [-0.3, -0.25) is 4.39 Å². The van der Waals surface area contributed by atoms with Gasteiger partial charge in [-0.05, 0) is 55.6 Å². The zero-order valence-electron chi connectivity index (χ0n) is 11.3. The fraction of sp³-hybridized carbons (Fsp3) is 0.600. The number of nitrogens with one attached hydrogen (secondary N) is 1. The predicted molar refractivity (Wildman–Crippen MR) is 75.0 cm³/mol. The monoisotopic (exact) mass is 264 g/mol. The Balaban J connectivity index is 1.90. The van der Waals surface area contributed by atoms with Crippen LogP contribution in [0.3, 0.4) is 0 Å². The average Bonchev–Trinajstić information content (AvgIpc) is 2.67. The average molecular weight is 264 g/mol. The summed E-state index contributed by atoms with van der Waals surface area (Å²) in [6.07, 6.45) is 2.73. The van der Waals surface area contributed by atoms with Gasteiger partial charge in [0.2, 0.25) is 0 Å². The van der Waals surface area contributed by atoms with Gasteiger partial charge in [-0.1, -0.05) is 0 Å². The highest BCUT2D eigenvalue weighted by Crippen LogP contribution is 2.35. The van der Waals surface area contributed by atoms with E-state index in [0.717, 1.165) is 50.5 Å². The Hall–Kier alpha value is -1.29. The molecule has 0 bridgehead atoms. The molecule has 104 valence electrons. The van der Waals surface area contributed by atoms with Crippen molar-refractivity contribution >= 4 is 5.69 Å². The molecule has 0 amide bonds. The molecule has 0 fully saturated rings. The van der Waals surface area contributed by atoms with Crippen molar-refractivity contribution < 1.29 is 9.13 Å². The maximum absolute atomic E-state index is 12.4. The van der Waals surface area contributed by atoms with E-state index in [9.17, 15) is 4.39 Å². The maximum atomic E-state index is 12.4. The van der Waals surface area contributed by atoms with E-state index in [-0.39, 0.29) is 6.67 Å². The SMILES string of the molecule is FCCCN1CCOc2cc3c(cc21)CCNCC3. The zero-order valence-corrected chi connectivity index (χ0v) is 11.3. The highest BCUT2D eigenvalue weighted by Gasteiger charge is 2.20. The van der Waals surface area contributed by atoms with Crippen LogP contribution in [-0.2, 0) is 12.8 Å². The number of rotatable bonds is 3. The fourth-order valence-corrected chi connectivity index (χ4v) is 2.92. The molecule has 1 N–H and O–H groups in total. The fourth-order valence-electron chi connectivity index (χ4n) is 2.92. The van der Waals surface area contributed by atoms with Crippen molar-refractivity contribution in [1.82, 2.24) is 5.32 Å². The Labute approximate surface area is 113 Å². The molecule has 19 heavy (non-hydrogen) atoms. The second kappa shape index (κ2) is 5.78. The Morgan fingerprint density at radius 1 is 1.21 bits per heavy atom. The molecule has 3 nitrogen and oxygen atoms in total. The van der Waals surface area contributed by atoms with E-state index >= 15 is 0 Å². The van der Waals surface area contributed by atoms with E-state index in [2.05, 4.69) is 22.3 Å². The third-order valence-electron chi connectivity index (χ3n) is 3.94. The molecule has 2 aliphatic heterocycles. The predicted octanol–water partition coefficient (Wildman–Crippen LogP) is 1.93. The van der Waals surface area contributed by atoms with Gasteiger partial charge in [0.1, 0.15) is 12.4 Å². The van der Waals surface area contributed by atoms with E-state index in [1.54, 1.807) is 0 Å². The second-order valence-corrected chi connectivity index (χ2v) is 5.22. The molecule has 3 rings (SSSR count). The van der Waals surface area contributed by atoms with Crippen molar-refractivity contribution in [3.8, 4) is 5.75 Å². The number of nitrogens with zero attached hydrogens (tertiary/aromatic N) is 1. The number of hydrogen-bond donors (Lipinski definition) is 1. The van der Waals surface area contributed by atoms with E-state index in [1.807, 2.05) is 0 Å². The van der Waals surface area contributed by atoms with Gasteiger partial charge in [0.25, 0.3) is 0 Å². The Morgan fingerprint density at radius 2 is 2.00 bits per heavy atom. The molecule has 0 aromatic heterocycles. The first kappa shape index (κ1) is 12.7. The summed E-state index contributed by atoms with van der Waals surface area (Å²) in [4.78, 5) is 2.26. The highest BCUT2D eigenvalue weighted by molar-refractivity contribution is 5.63. The van der Waals surface area contributed by atoms with Crippen molar-refractivity contribution in [2.24, 2.45) is 0 Å². The molecule has 1 aromatic rings. The number of alkyl halides is 1. The summed E-state index contributed by atoms with van der Waals surface area (Å²) in [6, 6.07) is 4.45. The van der Waals surface area contributed by atoms with Crippen molar-refractivity contribution in [2.75, 3.05) is 44.4 Å². The molecule has 0 saturated heterocycles. The summed E-state index contributed by atoms with van der Waals surface area (Å²) in [7, 11) is 0. The van der Waals surface area contributed by atoms with Crippen molar-refractivity contribution in [3.05, 3.63) is 23.3 Å². The van der Waals surface area contributed by atoms with Crippen LogP contribution in [0, 0.1) is 0 Å². The molecule has 0 radical (unpaired) electrons. The zero-order chi connectivity index (χ0) is 13.1. The lowest BCUT2D eigenvalue weighted by Gasteiger charge is -2.32. The van der Waals surface area contributed by atoms with Crippen LogP contribution in [0.25, 0.3) is 0 Å². The lowest BCUT2D eigenvalue weighted by Crippen LogP contribution is -2.34. The Kier molecular flexibility index (Phi) is 3.87. The molecule has 0 aliphatic carbocycles. The van der Waals surface area contributed by atoms with Crippen LogP contribution < -0.4 is 15.0 Å². The first-order chi connectivity index (χ1) is 9.38. The smallest absolute Gasteiger partial charge is 0.142 e. The highest BCUT2D eigenvalue weighted by atomic mass is 19.1. The van der Waals surface area contributed by atoms with Gasteiger partial charge < -0.3 is 15.0 Å². The molecule has 0 saturated carbocycles. The molecule has 4 heteroatoms. The topological polar surface area (TPSA) is 24.5 Å². The molecule has 2 aliphatic rings. The van der Waals surface area contributed by atoms with E-state index in [4.69, 9.17) is 4.74 Å². The molecule has 0 unspecified atom stereocenters. The lowest BCUT2D eigenvalue weighted by molar-refractivity contribution is 0.305. The van der Waals surface area contributed by atoms with Gasteiger partial charge in [0.05, 0.1) is 18.9 Å². The van der Waals surface area contributed by atoms with Gasteiger partial charge >= 0.3 is 0 Å². The Morgan fingerprint density at radius 3 is 2.79 bits per heavy atom. The Bertz CT molecular complexity index is 450. The third kappa shape index (κ3) is 2.68. The van der Waals surface area contributed by atoms with Crippen LogP contribution in [0.4, 0.5) is 10.1 Å². The summed E-state index contributed by atoms with van der Waals surface area (Å²) >= 11 is 0. The minimum absolute atomic E-state index is 0.248. The molecular weight excluding hydrogens is 243 g/mol. The van der Waals surface area contributed by atoms with E-state index in [0.29, 0.717) is 13.0 Å². The van der Waals surface area contributed by atoms with Crippen LogP contribution in [0.5, 0.6) is 5.75 Å². The third-order valence-corrected chi connectivity index (χ3v) is 3.94. The van der Waals surface area contributed by atoms with Crippen LogP contribution >= 0.6 is 0 Å². The first-order valence-electron chi connectivity index (χ1n) is 7.19. The molecule has 2 heterocycles. The summed E-state index contributed by atoms with van der Waals surface area (Å²) in [5.41, 5.74) is 3.97. The first-order valence-corrected chi connectivity index (χ1v) is 7.19. The lowest BCUT2D eigenvalue weighted by atomic mass is 10.0. The van der Waals surface area contributed by atoms with Crippen LogP contribution in [-0.4, -0.2) is 39.5 Å². The van der Waals surface area contributed by atoms with Crippen molar-refractivity contribution in [2.45, 2.75) is 19.3 Å². The summed E-state index contributed by atoms with van der Waals surface area (Å²) in [6.45, 7) is 4.18. The van der Waals surface area contributed by atoms with Crippen LogP contribution in [0.2, 0.25) is 0 Å². The van der Waals surface area contributed by atoms with Crippen LogP contribution in [0.15, 0.2) is 12.1 Å². The molecule has 1 aromatic carbocycles.